The van der Waals surface area contributed by atoms with E-state index in [0.717, 1.165) is 11.4 Å². The van der Waals surface area contributed by atoms with Gasteiger partial charge in [-0.25, -0.2) is 0 Å². The van der Waals surface area contributed by atoms with Gasteiger partial charge in [-0.1, -0.05) is 69.6 Å². The lowest BCUT2D eigenvalue weighted by Crippen LogP contribution is -2.05. The van der Waals surface area contributed by atoms with Crippen LogP contribution in [0.5, 0.6) is 0 Å². The first-order chi connectivity index (χ1) is 10.0. The van der Waals surface area contributed by atoms with Gasteiger partial charge in [-0.2, -0.15) is 0 Å². The molecule has 0 fully saturated rings. The molecule has 0 bridgehead atoms. The molecule has 21 heavy (non-hydrogen) atoms. The van der Waals surface area contributed by atoms with Gasteiger partial charge in [0.25, 0.3) is 0 Å². The molecule has 2 rings (SSSR count). The van der Waals surface area contributed by atoms with Gasteiger partial charge in [0.15, 0.2) is 0 Å². The summed E-state index contributed by atoms with van der Waals surface area (Å²) < 4.78 is 0. The minimum Gasteiger partial charge on any atom is -0.0843 e. The van der Waals surface area contributed by atoms with E-state index < -0.39 is 0 Å². The summed E-state index contributed by atoms with van der Waals surface area (Å²) in [5.74, 6) is 1.15. The van der Waals surface area contributed by atoms with Crippen LogP contribution in [0.2, 0.25) is 5.02 Å². The van der Waals surface area contributed by atoms with Gasteiger partial charge < -0.3 is 0 Å². The maximum atomic E-state index is 6.00. The van der Waals surface area contributed by atoms with Crippen LogP contribution in [-0.4, -0.2) is 0 Å². The highest BCUT2D eigenvalue weighted by Crippen LogP contribution is 2.31. The molecule has 0 aliphatic carbocycles. The maximum absolute atomic E-state index is 6.00. The van der Waals surface area contributed by atoms with E-state index in [1.807, 2.05) is 12.1 Å². The average Bonchev–Trinajstić information content (AvgIpc) is 2.48. The summed E-state index contributed by atoms with van der Waals surface area (Å²) in [7, 11) is 0. The first-order valence-corrected chi connectivity index (χ1v) is 8.26. The summed E-state index contributed by atoms with van der Waals surface area (Å²) in [6.45, 7) is 9.14. The van der Waals surface area contributed by atoms with E-state index in [-0.39, 0.29) is 0 Å². The highest BCUT2D eigenvalue weighted by Gasteiger charge is 2.15. The Bertz CT molecular complexity index is 581. The SMILES string of the molecule is CCC(C)c1cccc(C(C)C)c1Cc1ccc(Cl)cc1. The van der Waals surface area contributed by atoms with E-state index in [4.69, 9.17) is 11.6 Å². The van der Waals surface area contributed by atoms with Gasteiger partial charge in [-0.3, -0.25) is 0 Å². The van der Waals surface area contributed by atoms with Crippen molar-refractivity contribution in [2.45, 2.75) is 52.4 Å². The first-order valence-electron chi connectivity index (χ1n) is 7.89. The van der Waals surface area contributed by atoms with Gasteiger partial charge in [0.05, 0.1) is 0 Å². The second kappa shape index (κ2) is 7.13. The molecule has 2 aromatic carbocycles. The molecule has 112 valence electrons. The Hall–Kier alpha value is -1.27. The topological polar surface area (TPSA) is 0 Å². The standard InChI is InChI=1S/C20H25Cl/c1-5-15(4)19-8-6-7-18(14(2)3)20(19)13-16-9-11-17(21)12-10-16/h6-12,14-15H,5,13H2,1-4H3. The van der Waals surface area contributed by atoms with Crippen molar-refractivity contribution in [2.75, 3.05) is 0 Å². The fourth-order valence-electron chi connectivity index (χ4n) is 2.86. The second-order valence-corrected chi connectivity index (χ2v) is 6.62. The van der Waals surface area contributed by atoms with Crippen molar-refractivity contribution in [3.05, 3.63) is 69.7 Å². The summed E-state index contributed by atoms with van der Waals surface area (Å²) in [5.41, 5.74) is 5.81. The van der Waals surface area contributed by atoms with E-state index >= 15 is 0 Å². The predicted molar refractivity (Wildman–Crippen MR) is 93.5 cm³/mol. The zero-order valence-corrected chi connectivity index (χ0v) is 14.2. The van der Waals surface area contributed by atoms with Gasteiger partial charge in [-0.15, -0.1) is 0 Å². The number of hydrogen-bond acceptors (Lipinski definition) is 0. The molecule has 1 unspecified atom stereocenters. The van der Waals surface area contributed by atoms with E-state index in [0.29, 0.717) is 11.8 Å². The van der Waals surface area contributed by atoms with Crippen molar-refractivity contribution in [3.63, 3.8) is 0 Å². The van der Waals surface area contributed by atoms with E-state index in [2.05, 4.69) is 58.0 Å². The average molecular weight is 301 g/mol. The lowest BCUT2D eigenvalue weighted by Gasteiger charge is -2.21. The van der Waals surface area contributed by atoms with Crippen LogP contribution in [0.25, 0.3) is 0 Å². The molecule has 0 radical (unpaired) electrons. The van der Waals surface area contributed by atoms with Crippen LogP contribution < -0.4 is 0 Å². The molecule has 0 saturated heterocycles. The van der Waals surface area contributed by atoms with Crippen LogP contribution in [0.1, 0.15) is 68.2 Å². The van der Waals surface area contributed by atoms with Crippen molar-refractivity contribution in [2.24, 2.45) is 0 Å². The molecule has 0 saturated carbocycles. The molecule has 0 aliphatic heterocycles. The van der Waals surface area contributed by atoms with Crippen molar-refractivity contribution in [1.29, 1.82) is 0 Å². The normalized spacial score (nSPS) is 12.7. The summed E-state index contributed by atoms with van der Waals surface area (Å²) in [5, 5.41) is 0.804. The van der Waals surface area contributed by atoms with E-state index in [1.54, 1.807) is 0 Å². The summed E-state index contributed by atoms with van der Waals surface area (Å²) in [6, 6.07) is 15.0. The van der Waals surface area contributed by atoms with Gasteiger partial charge >= 0.3 is 0 Å². The highest BCUT2D eigenvalue weighted by molar-refractivity contribution is 6.30. The lowest BCUT2D eigenvalue weighted by molar-refractivity contribution is 0.717. The van der Waals surface area contributed by atoms with Gasteiger partial charge in [0.2, 0.25) is 0 Å². The van der Waals surface area contributed by atoms with Crippen molar-refractivity contribution in [1.82, 2.24) is 0 Å². The Balaban J connectivity index is 2.45. The molecule has 0 aliphatic rings. The molecule has 2 aromatic rings. The first kappa shape index (κ1) is 16.1. The van der Waals surface area contributed by atoms with E-state index in [9.17, 15) is 0 Å². The smallest absolute Gasteiger partial charge is 0.0406 e. The Labute approximate surface area is 134 Å². The summed E-state index contributed by atoms with van der Waals surface area (Å²) in [4.78, 5) is 0. The minimum atomic E-state index is 0.552. The third-order valence-corrected chi connectivity index (χ3v) is 4.56. The third kappa shape index (κ3) is 3.89. The number of halogens is 1. The van der Waals surface area contributed by atoms with Crippen molar-refractivity contribution >= 4 is 11.6 Å². The van der Waals surface area contributed by atoms with Crippen molar-refractivity contribution in [3.8, 4) is 0 Å². The number of benzene rings is 2. The summed E-state index contributed by atoms with van der Waals surface area (Å²) in [6.07, 6.45) is 2.17. The van der Waals surface area contributed by atoms with Crippen LogP contribution in [0.3, 0.4) is 0 Å². The lowest BCUT2D eigenvalue weighted by atomic mass is 9.84. The summed E-state index contributed by atoms with van der Waals surface area (Å²) >= 11 is 6.00. The van der Waals surface area contributed by atoms with Gasteiger partial charge in [0, 0.05) is 5.02 Å². The Morgan fingerprint density at radius 1 is 0.905 bits per heavy atom. The quantitative estimate of drug-likeness (QED) is 0.586. The molecule has 0 spiro atoms. The maximum Gasteiger partial charge on any atom is 0.0406 e. The minimum absolute atomic E-state index is 0.552. The zero-order chi connectivity index (χ0) is 15.4. The predicted octanol–water partition coefficient (Wildman–Crippen LogP) is 6.57. The molecular formula is C20H25Cl. The zero-order valence-electron chi connectivity index (χ0n) is 13.5. The largest absolute Gasteiger partial charge is 0.0843 e. The molecule has 1 heteroatoms. The molecular weight excluding hydrogens is 276 g/mol. The molecule has 0 amide bonds. The fourth-order valence-corrected chi connectivity index (χ4v) is 2.98. The molecule has 0 aromatic heterocycles. The molecule has 1 atom stereocenters. The Morgan fingerprint density at radius 3 is 2.10 bits per heavy atom. The monoisotopic (exact) mass is 300 g/mol. The van der Waals surface area contributed by atoms with Crippen LogP contribution >= 0.6 is 11.6 Å². The number of hydrogen-bond donors (Lipinski definition) is 0. The molecule has 0 heterocycles. The Morgan fingerprint density at radius 2 is 1.52 bits per heavy atom. The van der Waals surface area contributed by atoms with Crippen LogP contribution in [-0.2, 0) is 6.42 Å². The second-order valence-electron chi connectivity index (χ2n) is 6.18. The van der Waals surface area contributed by atoms with Gasteiger partial charge in [-0.05, 0) is 59.1 Å². The fraction of sp³-hybridized carbons (Fsp3) is 0.400. The van der Waals surface area contributed by atoms with Crippen LogP contribution in [0.4, 0.5) is 0 Å². The number of rotatable bonds is 5. The Kier molecular flexibility index (Phi) is 5.47. The van der Waals surface area contributed by atoms with Crippen molar-refractivity contribution < 1.29 is 0 Å². The van der Waals surface area contributed by atoms with E-state index in [1.165, 1.54) is 28.7 Å². The molecule has 0 nitrogen and oxygen atoms in total. The van der Waals surface area contributed by atoms with Gasteiger partial charge in [0.1, 0.15) is 0 Å². The van der Waals surface area contributed by atoms with Crippen LogP contribution in [0.15, 0.2) is 42.5 Å². The van der Waals surface area contributed by atoms with Crippen LogP contribution in [0, 0.1) is 0 Å². The third-order valence-electron chi connectivity index (χ3n) is 4.31. The molecule has 0 N–H and O–H groups in total. The highest BCUT2D eigenvalue weighted by atomic mass is 35.5.